The molecule has 0 aliphatic rings. The largest absolute Gasteiger partial charge is 0.508 e. The van der Waals surface area contributed by atoms with Gasteiger partial charge in [-0.15, -0.1) is 0 Å². The number of benzene rings is 1. The van der Waals surface area contributed by atoms with Gasteiger partial charge in [0.25, 0.3) is 0 Å². The molecule has 3 heteroatoms. The highest BCUT2D eigenvalue weighted by Crippen LogP contribution is 2.23. The maximum atomic E-state index is 13.4. The van der Waals surface area contributed by atoms with E-state index in [2.05, 4.69) is 5.32 Å². The van der Waals surface area contributed by atoms with Crippen molar-refractivity contribution in [3.8, 4) is 5.75 Å². The summed E-state index contributed by atoms with van der Waals surface area (Å²) in [6, 6.07) is 6.32. The monoisotopic (exact) mass is 183 g/mol. The molecule has 0 aliphatic carbocycles. The first-order valence-electron chi connectivity index (χ1n) is 4.31. The second-order valence-corrected chi connectivity index (χ2v) is 2.95. The molecule has 2 N–H and O–H groups in total. The molecule has 0 radical (unpaired) electrons. The zero-order valence-electron chi connectivity index (χ0n) is 7.63. The van der Waals surface area contributed by atoms with E-state index in [9.17, 15) is 4.39 Å². The highest BCUT2D eigenvalue weighted by atomic mass is 19.1. The molecule has 0 heterocycles. The third kappa shape index (κ3) is 3.03. The van der Waals surface area contributed by atoms with E-state index in [1.54, 1.807) is 19.2 Å². The Labute approximate surface area is 77.4 Å². The van der Waals surface area contributed by atoms with Crippen molar-refractivity contribution in [3.05, 3.63) is 29.8 Å². The van der Waals surface area contributed by atoms with Crippen molar-refractivity contribution in [2.45, 2.75) is 12.6 Å². The average Bonchev–Trinajstić information content (AvgIpc) is 2.14. The van der Waals surface area contributed by atoms with E-state index in [1.165, 1.54) is 12.1 Å². The van der Waals surface area contributed by atoms with E-state index >= 15 is 0 Å². The lowest BCUT2D eigenvalue weighted by Gasteiger charge is -2.07. The van der Waals surface area contributed by atoms with Crippen LogP contribution in [0.5, 0.6) is 5.75 Å². The fourth-order valence-corrected chi connectivity index (χ4v) is 1.16. The number of nitrogens with one attached hydrogen (secondary N) is 1. The molecule has 0 saturated heterocycles. The number of halogens is 1. The zero-order valence-corrected chi connectivity index (χ0v) is 7.63. The third-order valence-corrected chi connectivity index (χ3v) is 1.88. The third-order valence-electron chi connectivity index (χ3n) is 1.88. The Bertz CT molecular complexity index is 265. The lowest BCUT2D eigenvalue weighted by Crippen LogP contribution is -2.10. The van der Waals surface area contributed by atoms with Gasteiger partial charge in [0, 0.05) is 0 Å². The molecule has 0 aromatic heterocycles. The van der Waals surface area contributed by atoms with Gasteiger partial charge in [-0.1, -0.05) is 12.1 Å². The van der Waals surface area contributed by atoms with Gasteiger partial charge in [0.1, 0.15) is 11.9 Å². The number of hydrogen-bond donors (Lipinski definition) is 2. The maximum Gasteiger partial charge on any atom is 0.126 e. The second kappa shape index (κ2) is 4.82. The predicted octanol–water partition coefficient (Wildman–Crippen LogP) is 2.01. The van der Waals surface area contributed by atoms with Gasteiger partial charge in [0.05, 0.1) is 0 Å². The van der Waals surface area contributed by atoms with E-state index in [0.717, 1.165) is 0 Å². The van der Waals surface area contributed by atoms with E-state index < -0.39 is 6.17 Å². The molecule has 0 saturated carbocycles. The van der Waals surface area contributed by atoms with Crippen molar-refractivity contribution in [1.82, 2.24) is 5.32 Å². The lowest BCUT2D eigenvalue weighted by molar-refractivity contribution is 0.320. The van der Waals surface area contributed by atoms with E-state index in [4.69, 9.17) is 5.11 Å². The SMILES string of the molecule is CNCCC(F)c1cccc(O)c1. The lowest BCUT2D eigenvalue weighted by atomic mass is 10.1. The standard InChI is InChI=1S/C10H14FNO/c1-12-6-5-10(11)8-3-2-4-9(13)7-8/h2-4,7,10,12-13H,5-6H2,1H3. The molecule has 0 aliphatic heterocycles. The molecule has 1 rings (SSSR count). The van der Waals surface area contributed by atoms with Crippen molar-refractivity contribution in [2.24, 2.45) is 0 Å². The number of phenolic OH excluding ortho intramolecular Hbond substituents is 1. The fourth-order valence-electron chi connectivity index (χ4n) is 1.16. The molecule has 0 bridgehead atoms. The number of aromatic hydroxyl groups is 1. The predicted molar refractivity (Wildman–Crippen MR) is 50.5 cm³/mol. The molecular formula is C10H14FNO. The quantitative estimate of drug-likeness (QED) is 0.748. The van der Waals surface area contributed by atoms with Crippen LogP contribution < -0.4 is 5.32 Å². The second-order valence-electron chi connectivity index (χ2n) is 2.95. The van der Waals surface area contributed by atoms with Crippen LogP contribution in [-0.4, -0.2) is 18.7 Å². The zero-order chi connectivity index (χ0) is 9.68. The van der Waals surface area contributed by atoms with Crippen LogP contribution in [0.1, 0.15) is 18.2 Å². The highest BCUT2D eigenvalue weighted by molar-refractivity contribution is 5.28. The molecule has 1 aromatic rings. The van der Waals surface area contributed by atoms with Crippen molar-refractivity contribution < 1.29 is 9.50 Å². The summed E-state index contributed by atoms with van der Waals surface area (Å²) in [6.07, 6.45) is -0.570. The van der Waals surface area contributed by atoms with Crippen LogP contribution in [0.2, 0.25) is 0 Å². The van der Waals surface area contributed by atoms with Gasteiger partial charge in [-0.05, 0) is 37.7 Å². The fraction of sp³-hybridized carbons (Fsp3) is 0.400. The number of rotatable bonds is 4. The van der Waals surface area contributed by atoms with Crippen LogP contribution in [0.3, 0.4) is 0 Å². The van der Waals surface area contributed by atoms with Crippen LogP contribution in [0, 0.1) is 0 Å². The Kier molecular flexibility index (Phi) is 3.71. The molecule has 72 valence electrons. The molecule has 0 fully saturated rings. The van der Waals surface area contributed by atoms with Gasteiger partial charge < -0.3 is 10.4 Å². The Hall–Kier alpha value is -1.09. The van der Waals surface area contributed by atoms with Gasteiger partial charge in [-0.25, -0.2) is 4.39 Å². The van der Waals surface area contributed by atoms with Gasteiger partial charge >= 0.3 is 0 Å². The first kappa shape index (κ1) is 9.99. The Morgan fingerprint density at radius 1 is 1.54 bits per heavy atom. The summed E-state index contributed by atoms with van der Waals surface area (Å²) in [7, 11) is 1.79. The molecule has 2 nitrogen and oxygen atoms in total. The highest BCUT2D eigenvalue weighted by Gasteiger charge is 2.08. The minimum atomic E-state index is -1.00. The van der Waals surface area contributed by atoms with Gasteiger partial charge in [0.2, 0.25) is 0 Å². The summed E-state index contributed by atoms with van der Waals surface area (Å²) < 4.78 is 13.4. The summed E-state index contributed by atoms with van der Waals surface area (Å²) in [5.41, 5.74) is 0.537. The van der Waals surface area contributed by atoms with Crippen LogP contribution in [0.15, 0.2) is 24.3 Å². The summed E-state index contributed by atoms with van der Waals surface area (Å²) in [4.78, 5) is 0. The van der Waals surface area contributed by atoms with Crippen LogP contribution >= 0.6 is 0 Å². The molecule has 1 atom stereocenters. The summed E-state index contributed by atoms with van der Waals surface area (Å²) >= 11 is 0. The topological polar surface area (TPSA) is 32.3 Å². The number of alkyl halides is 1. The summed E-state index contributed by atoms with van der Waals surface area (Å²) in [6.45, 7) is 0.636. The minimum absolute atomic E-state index is 0.115. The Morgan fingerprint density at radius 3 is 2.92 bits per heavy atom. The van der Waals surface area contributed by atoms with Crippen molar-refractivity contribution >= 4 is 0 Å². The Morgan fingerprint density at radius 2 is 2.31 bits per heavy atom. The van der Waals surface area contributed by atoms with Gasteiger partial charge in [-0.2, -0.15) is 0 Å². The van der Waals surface area contributed by atoms with Gasteiger partial charge in [-0.3, -0.25) is 0 Å². The van der Waals surface area contributed by atoms with E-state index in [1.807, 2.05) is 0 Å². The maximum absolute atomic E-state index is 13.4. The smallest absolute Gasteiger partial charge is 0.126 e. The molecule has 1 aromatic carbocycles. The van der Waals surface area contributed by atoms with Gasteiger partial charge in [0.15, 0.2) is 0 Å². The van der Waals surface area contributed by atoms with Crippen LogP contribution in [-0.2, 0) is 0 Å². The minimum Gasteiger partial charge on any atom is -0.508 e. The molecule has 0 amide bonds. The van der Waals surface area contributed by atoms with Crippen molar-refractivity contribution in [2.75, 3.05) is 13.6 Å². The first-order chi connectivity index (χ1) is 6.24. The van der Waals surface area contributed by atoms with Crippen molar-refractivity contribution in [1.29, 1.82) is 0 Å². The molecular weight excluding hydrogens is 169 g/mol. The normalized spacial score (nSPS) is 12.8. The molecule has 0 spiro atoms. The Balaban J connectivity index is 2.60. The summed E-state index contributed by atoms with van der Waals surface area (Å²) in [5.74, 6) is 0.115. The summed E-state index contributed by atoms with van der Waals surface area (Å²) in [5, 5.41) is 12.0. The van der Waals surface area contributed by atoms with Crippen molar-refractivity contribution in [3.63, 3.8) is 0 Å². The molecule has 1 unspecified atom stereocenters. The first-order valence-corrected chi connectivity index (χ1v) is 4.31. The average molecular weight is 183 g/mol. The molecule has 13 heavy (non-hydrogen) atoms. The van der Waals surface area contributed by atoms with Crippen LogP contribution in [0.25, 0.3) is 0 Å². The number of phenols is 1. The van der Waals surface area contributed by atoms with Crippen LogP contribution in [0.4, 0.5) is 4.39 Å². The van der Waals surface area contributed by atoms with E-state index in [-0.39, 0.29) is 5.75 Å². The van der Waals surface area contributed by atoms with E-state index in [0.29, 0.717) is 18.5 Å². The number of hydrogen-bond acceptors (Lipinski definition) is 2.